The van der Waals surface area contributed by atoms with Crippen molar-refractivity contribution in [3.8, 4) is 0 Å². The number of rotatable bonds is 2. The normalized spacial score (nSPS) is 30.5. The summed E-state index contributed by atoms with van der Waals surface area (Å²) in [5.41, 5.74) is 0. The van der Waals surface area contributed by atoms with E-state index in [1.165, 1.54) is 6.26 Å². The fourth-order valence-corrected chi connectivity index (χ4v) is 5.11. The van der Waals surface area contributed by atoms with E-state index in [9.17, 15) is 13.2 Å². The molecule has 2 rings (SSSR count). The fourth-order valence-electron chi connectivity index (χ4n) is 2.29. The number of carbonyl (C=O) groups excluding carboxylic acids is 1. The number of thioether (sulfide) groups is 1. The number of nitrogens with one attached hydrogen (secondary N) is 1. The Labute approximate surface area is 106 Å². The molecule has 0 saturated carbocycles. The van der Waals surface area contributed by atoms with Gasteiger partial charge < -0.3 is 10.2 Å². The maximum Gasteiger partial charge on any atom is 0.228 e. The molecule has 0 bridgehead atoms. The van der Waals surface area contributed by atoms with Gasteiger partial charge in [0.2, 0.25) is 5.91 Å². The smallest absolute Gasteiger partial charge is 0.228 e. The molecule has 2 heterocycles. The highest BCUT2D eigenvalue weighted by Gasteiger charge is 2.37. The molecule has 2 saturated heterocycles. The van der Waals surface area contributed by atoms with Crippen LogP contribution in [0.15, 0.2) is 0 Å². The Morgan fingerprint density at radius 3 is 2.82 bits per heavy atom. The number of amides is 1. The van der Waals surface area contributed by atoms with Gasteiger partial charge in [0.05, 0.1) is 5.92 Å². The molecular formula is C10H18N2O3S2. The van der Waals surface area contributed by atoms with Crippen LogP contribution in [-0.2, 0) is 14.6 Å². The van der Waals surface area contributed by atoms with Crippen molar-refractivity contribution in [3.63, 3.8) is 0 Å². The van der Waals surface area contributed by atoms with Crippen molar-refractivity contribution < 1.29 is 13.2 Å². The average molecular weight is 278 g/mol. The van der Waals surface area contributed by atoms with Crippen molar-refractivity contribution in [2.45, 2.75) is 11.8 Å². The Morgan fingerprint density at radius 1 is 1.47 bits per heavy atom. The molecule has 17 heavy (non-hydrogen) atoms. The third-order valence-electron chi connectivity index (χ3n) is 3.27. The predicted molar refractivity (Wildman–Crippen MR) is 68.6 cm³/mol. The Kier molecular flexibility index (Phi) is 3.99. The van der Waals surface area contributed by atoms with Crippen molar-refractivity contribution in [1.82, 2.24) is 10.2 Å². The third kappa shape index (κ3) is 2.95. The quantitative estimate of drug-likeness (QED) is 0.740. The minimum Gasteiger partial charge on any atom is -0.324 e. The van der Waals surface area contributed by atoms with E-state index in [0.29, 0.717) is 18.8 Å². The van der Waals surface area contributed by atoms with Crippen molar-refractivity contribution >= 4 is 27.5 Å². The molecular weight excluding hydrogens is 260 g/mol. The van der Waals surface area contributed by atoms with Crippen LogP contribution < -0.4 is 5.32 Å². The molecule has 7 heteroatoms. The Morgan fingerprint density at radius 2 is 2.24 bits per heavy atom. The molecule has 0 aromatic rings. The molecule has 0 spiro atoms. The maximum absolute atomic E-state index is 12.3. The molecule has 0 radical (unpaired) electrons. The lowest BCUT2D eigenvalue weighted by Crippen LogP contribution is -2.52. The second kappa shape index (κ2) is 5.16. The monoisotopic (exact) mass is 278 g/mol. The summed E-state index contributed by atoms with van der Waals surface area (Å²) in [6, 6.07) is 0. The van der Waals surface area contributed by atoms with E-state index in [4.69, 9.17) is 0 Å². The summed E-state index contributed by atoms with van der Waals surface area (Å²) in [6.07, 6.45) is 2.04. The predicted octanol–water partition coefficient (Wildman–Crippen LogP) is -0.458. The third-order valence-corrected chi connectivity index (χ3v) is 5.91. The lowest BCUT2D eigenvalue weighted by atomic mass is 10.1. The van der Waals surface area contributed by atoms with E-state index in [0.717, 1.165) is 18.7 Å². The van der Waals surface area contributed by atoms with Crippen molar-refractivity contribution in [1.29, 1.82) is 0 Å². The maximum atomic E-state index is 12.3. The molecule has 0 aromatic carbocycles. The standard InChI is InChI=1S/C10H18N2O3S2/c1-17(14,15)9-7-16-5-4-12(9)10(13)8-2-3-11-6-8/h8-9,11H,2-7H2,1H3. The van der Waals surface area contributed by atoms with Gasteiger partial charge in [-0.05, 0) is 13.0 Å². The van der Waals surface area contributed by atoms with E-state index in [2.05, 4.69) is 5.32 Å². The van der Waals surface area contributed by atoms with Gasteiger partial charge in [-0.3, -0.25) is 4.79 Å². The van der Waals surface area contributed by atoms with Gasteiger partial charge in [0.15, 0.2) is 9.84 Å². The summed E-state index contributed by atoms with van der Waals surface area (Å²) in [5.74, 6) is 1.30. The number of sulfone groups is 1. The van der Waals surface area contributed by atoms with Crippen molar-refractivity contribution in [2.75, 3.05) is 37.4 Å². The van der Waals surface area contributed by atoms with Crippen LogP contribution >= 0.6 is 11.8 Å². The average Bonchev–Trinajstić information content (AvgIpc) is 2.80. The van der Waals surface area contributed by atoms with Gasteiger partial charge in [0.25, 0.3) is 0 Å². The van der Waals surface area contributed by atoms with Gasteiger partial charge in [-0.25, -0.2) is 8.42 Å². The molecule has 2 unspecified atom stereocenters. The number of hydrogen-bond donors (Lipinski definition) is 1. The van der Waals surface area contributed by atoms with Crippen molar-refractivity contribution in [2.24, 2.45) is 5.92 Å². The highest BCUT2D eigenvalue weighted by molar-refractivity contribution is 8.00. The Balaban J connectivity index is 2.13. The van der Waals surface area contributed by atoms with Crippen LogP contribution in [0.2, 0.25) is 0 Å². The van der Waals surface area contributed by atoms with E-state index in [-0.39, 0.29) is 11.8 Å². The van der Waals surface area contributed by atoms with Crippen LogP contribution in [0.5, 0.6) is 0 Å². The van der Waals surface area contributed by atoms with Crippen LogP contribution in [0.3, 0.4) is 0 Å². The molecule has 98 valence electrons. The van der Waals surface area contributed by atoms with E-state index in [1.807, 2.05) is 0 Å². The topological polar surface area (TPSA) is 66.5 Å². The van der Waals surface area contributed by atoms with Crippen LogP contribution in [0.4, 0.5) is 0 Å². The zero-order valence-electron chi connectivity index (χ0n) is 9.89. The first-order chi connectivity index (χ1) is 8.00. The lowest BCUT2D eigenvalue weighted by Gasteiger charge is -2.35. The highest BCUT2D eigenvalue weighted by Crippen LogP contribution is 2.23. The summed E-state index contributed by atoms with van der Waals surface area (Å²) in [4.78, 5) is 13.8. The van der Waals surface area contributed by atoms with Gasteiger partial charge >= 0.3 is 0 Å². The molecule has 0 aromatic heterocycles. The molecule has 1 N–H and O–H groups in total. The SMILES string of the molecule is CS(=O)(=O)C1CSCCN1C(=O)C1CCNC1. The van der Waals surface area contributed by atoms with Crippen LogP contribution in [0, 0.1) is 5.92 Å². The largest absolute Gasteiger partial charge is 0.324 e. The van der Waals surface area contributed by atoms with Crippen LogP contribution in [0.25, 0.3) is 0 Å². The van der Waals surface area contributed by atoms with Crippen LogP contribution in [0.1, 0.15) is 6.42 Å². The Bertz CT molecular complexity index is 390. The number of hydrogen-bond acceptors (Lipinski definition) is 5. The minimum absolute atomic E-state index is 0.00530. The van der Waals surface area contributed by atoms with Gasteiger partial charge in [-0.1, -0.05) is 0 Å². The van der Waals surface area contributed by atoms with Gasteiger partial charge in [-0.2, -0.15) is 11.8 Å². The van der Waals surface area contributed by atoms with Gasteiger partial charge in [0, 0.05) is 30.9 Å². The summed E-state index contributed by atoms with van der Waals surface area (Å²) >= 11 is 1.60. The zero-order valence-corrected chi connectivity index (χ0v) is 11.5. The lowest BCUT2D eigenvalue weighted by molar-refractivity contribution is -0.135. The molecule has 2 aliphatic heterocycles. The molecule has 2 aliphatic rings. The second-order valence-electron chi connectivity index (χ2n) is 4.58. The summed E-state index contributed by atoms with van der Waals surface area (Å²) in [6.45, 7) is 2.08. The van der Waals surface area contributed by atoms with E-state index < -0.39 is 15.2 Å². The first-order valence-electron chi connectivity index (χ1n) is 5.78. The molecule has 2 fully saturated rings. The molecule has 5 nitrogen and oxygen atoms in total. The van der Waals surface area contributed by atoms with Gasteiger partial charge in [0.1, 0.15) is 5.37 Å². The molecule has 1 amide bonds. The minimum atomic E-state index is -3.19. The number of carbonyl (C=O) groups is 1. The van der Waals surface area contributed by atoms with Crippen molar-refractivity contribution in [3.05, 3.63) is 0 Å². The van der Waals surface area contributed by atoms with Crippen LogP contribution in [-0.4, -0.2) is 62.0 Å². The zero-order chi connectivity index (χ0) is 12.5. The highest BCUT2D eigenvalue weighted by atomic mass is 32.2. The van der Waals surface area contributed by atoms with E-state index in [1.54, 1.807) is 16.7 Å². The fraction of sp³-hybridized carbons (Fsp3) is 0.900. The Hall–Kier alpha value is -0.270. The summed E-state index contributed by atoms with van der Waals surface area (Å²) < 4.78 is 23.4. The molecule has 2 atom stereocenters. The first-order valence-corrected chi connectivity index (χ1v) is 8.89. The summed E-state index contributed by atoms with van der Waals surface area (Å²) in [5, 5.41) is 2.51. The van der Waals surface area contributed by atoms with E-state index >= 15 is 0 Å². The van der Waals surface area contributed by atoms with Gasteiger partial charge in [-0.15, -0.1) is 0 Å². The molecule has 0 aliphatic carbocycles. The second-order valence-corrected chi connectivity index (χ2v) is 7.93. The summed E-state index contributed by atoms with van der Waals surface area (Å²) in [7, 11) is -3.19. The first kappa shape index (κ1) is 13.2. The number of nitrogens with zero attached hydrogens (tertiary/aromatic N) is 1.